The maximum Gasteiger partial charge on any atom is 0.336 e. The average molecular weight is 345 g/mol. The van der Waals surface area contributed by atoms with Gasteiger partial charge in [-0.25, -0.2) is 14.4 Å². The van der Waals surface area contributed by atoms with Gasteiger partial charge in [0, 0.05) is 11.4 Å². The van der Waals surface area contributed by atoms with Gasteiger partial charge in [-0.1, -0.05) is 12.1 Å². The Bertz CT molecular complexity index is 768. The highest BCUT2D eigenvalue weighted by molar-refractivity contribution is 6.00. The number of esters is 2. The summed E-state index contributed by atoms with van der Waals surface area (Å²) in [6.07, 6.45) is 0. The van der Waals surface area contributed by atoms with E-state index in [0.717, 1.165) is 0 Å². The normalized spacial score (nSPS) is 14.9. The Morgan fingerprint density at radius 3 is 1.96 bits per heavy atom. The Labute approximate surface area is 144 Å². The molecule has 1 aliphatic rings. The van der Waals surface area contributed by atoms with E-state index in [2.05, 4.69) is 5.32 Å². The summed E-state index contributed by atoms with van der Waals surface area (Å²) in [4.78, 5) is 36.0. The Hall–Kier alpha value is -3.09. The summed E-state index contributed by atoms with van der Waals surface area (Å²) in [7, 11) is 2.49. The highest BCUT2D eigenvalue weighted by Crippen LogP contribution is 2.39. The fourth-order valence-corrected chi connectivity index (χ4v) is 2.94. The van der Waals surface area contributed by atoms with Crippen molar-refractivity contribution < 1.29 is 29.0 Å². The van der Waals surface area contributed by atoms with Crippen molar-refractivity contribution in [3.05, 3.63) is 57.9 Å². The molecular weight excluding hydrogens is 326 g/mol. The Morgan fingerprint density at radius 1 is 1.00 bits per heavy atom. The van der Waals surface area contributed by atoms with Crippen molar-refractivity contribution in [3.63, 3.8) is 0 Å². The lowest BCUT2D eigenvalue weighted by molar-refractivity contribution is -0.137. The molecule has 2 rings (SSSR count). The van der Waals surface area contributed by atoms with Crippen molar-refractivity contribution >= 4 is 17.9 Å². The number of methoxy groups -OCH3 is 2. The summed E-state index contributed by atoms with van der Waals surface area (Å²) in [6.45, 7) is 3.38. The van der Waals surface area contributed by atoms with Gasteiger partial charge < -0.3 is 19.9 Å². The molecule has 0 aliphatic carbocycles. The predicted molar refractivity (Wildman–Crippen MR) is 88.7 cm³/mol. The second-order valence-corrected chi connectivity index (χ2v) is 5.55. The molecule has 1 aliphatic heterocycles. The van der Waals surface area contributed by atoms with E-state index in [4.69, 9.17) is 9.47 Å². The fraction of sp³-hybridized carbons (Fsp3) is 0.278. The Morgan fingerprint density at radius 2 is 1.52 bits per heavy atom. The van der Waals surface area contributed by atoms with Gasteiger partial charge in [0.25, 0.3) is 0 Å². The molecule has 132 valence electrons. The maximum absolute atomic E-state index is 12.3. The van der Waals surface area contributed by atoms with Crippen LogP contribution in [-0.4, -0.2) is 37.2 Å². The van der Waals surface area contributed by atoms with Crippen molar-refractivity contribution in [1.82, 2.24) is 5.32 Å². The molecular formula is C18H19NO6. The van der Waals surface area contributed by atoms with Crippen LogP contribution in [0, 0.1) is 0 Å². The number of dihydropyridines is 1. The molecule has 0 saturated heterocycles. The van der Waals surface area contributed by atoms with E-state index in [0.29, 0.717) is 17.0 Å². The molecule has 2 N–H and O–H groups in total. The number of ether oxygens (including phenoxy) is 2. The van der Waals surface area contributed by atoms with Crippen molar-refractivity contribution in [2.75, 3.05) is 14.2 Å². The van der Waals surface area contributed by atoms with Crippen LogP contribution in [0.3, 0.4) is 0 Å². The summed E-state index contributed by atoms with van der Waals surface area (Å²) in [6, 6.07) is 6.10. The number of hydrogen-bond donors (Lipinski definition) is 2. The summed E-state index contributed by atoms with van der Waals surface area (Å²) in [5, 5.41) is 12.2. The molecule has 0 unspecified atom stereocenters. The topological polar surface area (TPSA) is 102 Å². The number of rotatable bonds is 4. The predicted octanol–water partition coefficient (Wildman–Crippen LogP) is 1.97. The summed E-state index contributed by atoms with van der Waals surface area (Å²) < 4.78 is 9.72. The van der Waals surface area contributed by atoms with Crippen LogP contribution in [0.5, 0.6) is 0 Å². The SMILES string of the molecule is COC(=O)C1=C(C)NC(C)=C(C(=O)OC)C1c1cccc(C(=O)O)c1. The molecule has 1 heterocycles. The largest absolute Gasteiger partial charge is 0.478 e. The first-order valence-electron chi connectivity index (χ1n) is 7.50. The number of allylic oxidation sites excluding steroid dienone is 2. The van der Waals surface area contributed by atoms with Gasteiger partial charge >= 0.3 is 17.9 Å². The first-order valence-corrected chi connectivity index (χ1v) is 7.50. The number of benzene rings is 1. The van der Waals surface area contributed by atoms with E-state index < -0.39 is 23.8 Å². The van der Waals surface area contributed by atoms with Crippen molar-refractivity contribution in [2.45, 2.75) is 19.8 Å². The number of carbonyl (C=O) groups is 3. The maximum atomic E-state index is 12.3. The van der Waals surface area contributed by atoms with Gasteiger partial charge in [-0.3, -0.25) is 0 Å². The number of carbonyl (C=O) groups excluding carboxylic acids is 2. The zero-order valence-electron chi connectivity index (χ0n) is 14.4. The van der Waals surface area contributed by atoms with Crippen molar-refractivity contribution in [1.29, 1.82) is 0 Å². The first-order chi connectivity index (χ1) is 11.8. The third kappa shape index (κ3) is 3.40. The van der Waals surface area contributed by atoms with Crippen LogP contribution in [0.4, 0.5) is 0 Å². The van der Waals surface area contributed by atoms with Crippen LogP contribution in [-0.2, 0) is 19.1 Å². The van der Waals surface area contributed by atoms with Crippen molar-refractivity contribution in [3.8, 4) is 0 Å². The van der Waals surface area contributed by atoms with Crippen molar-refractivity contribution in [2.24, 2.45) is 0 Å². The van der Waals surface area contributed by atoms with Crippen LogP contribution in [0.2, 0.25) is 0 Å². The van der Waals surface area contributed by atoms with Gasteiger partial charge in [-0.2, -0.15) is 0 Å². The molecule has 7 nitrogen and oxygen atoms in total. The third-order valence-electron chi connectivity index (χ3n) is 4.04. The smallest absolute Gasteiger partial charge is 0.336 e. The van der Waals surface area contributed by atoms with E-state index in [9.17, 15) is 19.5 Å². The molecule has 0 aromatic heterocycles. The lowest BCUT2D eigenvalue weighted by atomic mass is 9.80. The molecule has 0 atom stereocenters. The Balaban J connectivity index is 2.72. The molecule has 0 amide bonds. The van der Waals surface area contributed by atoms with Gasteiger partial charge in [-0.05, 0) is 31.5 Å². The third-order valence-corrected chi connectivity index (χ3v) is 4.04. The zero-order valence-corrected chi connectivity index (χ0v) is 14.4. The fourth-order valence-electron chi connectivity index (χ4n) is 2.94. The minimum Gasteiger partial charge on any atom is -0.478 e. The minimum absolute atomic E-state index is 0.0553. The van der Waals surface area contributed by atoms with E-state index in [1.54, 1.807) is 26.0 Å². The molecule has 0 bridgehead atoms. The molecule has 0 radical (unpaired) electrons. The van der Waals surface area contributed by atoms with E-state index in [1.807, 2.05) is 0 Å². The number of aromatic carboxylic acids is 1. The molecule has 1 aromatic rings. The lowest BCUT2D eigenvalue weighted by Crippen LogP contribution is -2.32. The van der Waals surface area contributed by atoms with Crippen LogP contribution in [0.15, 0.2) is 46.8 Å². The van der Waals surface area contributed by atoms with Crippen LogP contribution in [0.1, 0.15) is 35.7 Å². The monoisotopic (exact) mass is 345 g/mol. The number of hydrogen-bond acceptors (Lipinski definition) is 6. The number of nitrogens with one attached hydrogen (secondary N) is 1. The summed E-state index contributed by atoms with van der Waals surface area (Å²) in [5.74, 6) is -3.11. The number of carboxylic acid groups (broad SMARTS) is 1. The standard InChI is InChI=1S/C18H19NO6/c1-9-13(17(22)24-3)15(14(10(2)19-9)18(23)25-4)11-6-5-7-12(8-11)16(20)21/h5-8,15,19H,1-4H3,(H,20,21). The Kier molecular flexibility index (Phi) is 5.26. The second kappa shape index (κ2) is 7.21. The molecule has 0 spiro atoms. The van der Waals surface area contributed by atoms with Gasteiger partial charge in [0.2, 0.25) is 0 Å². The van der Waals surface area contributed by atoms with Crippen LogP contribution in [0.25, 0.3) is 0 Å². The minimum atomic E-state index is -1.10. The molecule has 25 heavy (non-hydrogen) atoms. The molecule has 7 heteroatoms. The second-order valence-electron chi connectivity index (χ2n) is 5.55. The van der Waals surface area contributed by atoms with E-state index in [-0.39, 0.29) is 16.7 Å². The molecule has 1 aromatic carbocycles. The van der Waals surface area contributed by atoms with Gasteiger partial charge in [0.15, 0.2) is 0 Å². The van der Waals surface area contributed by atoms with Crippen LogP contribution < -0.4 is 5.32 Å². The van der Waals surface area contributed by atoms with Gasteiger partial charge in [-0.15, -0.1) is 0 Å². The molecule has 0 saturated carbocycles. The van der Waals surface area contributed by atoms with Gasteiger partial charge in [0.05, 0.1) is 36.8 Å². The quantitative estimate of drug-likeness (QED) is 0.804. The number of carboxylic acids is 1. The first kappa shape index (κ1) is 18.3. The highest BCUT2D eigenvalue weighted by atomic mass is 16.5. The zero-order chi connectivity index (χ0) is 18.7. The highest BCUT2D eigenvalue weighted by Gasteiger charge is 2.37. The summed E-state index contributed by atoms with van der Waals surface area (Å²) >= 11 is 0. The van der Waals surface area contributed by atoms with E-state index >= 15 is 0 Å². The van der Waals surface area contributed by atoms with Crippen LogP contribution >= 0.6 is 0 Å². The molecule has 0 fully saturated rings. The van der Waals surface area contributed by atoms with E-state index in [1.165, 1.54) is 26.4 Å². The summed E-state index contributed by atoms with van der Waals surface area (Å²) in [5.41, 5.74) is 2.07. The average Bonchev–Trinajstić information content (AvgIpc) is 2.59. The van der Waals surface area contributed by atoms with Gasteiger partial charge in [0.1, 0.15) is 0 Å². The lowest BCUT2D eigenvalue weighted by Gasteiger charge is -2.30.